The van der Waals surface area contributed by atoms with Crippen molar-refractivity contribution >= 4 is 27.5 Å². The second-order valence-electron chi connectivity index (χ2n) is 7.25. The molecule has 156 valence electrons. The Morgan fingerprint density at radius 2 is 1.29 bits per heavy atom. The number of hydrogen-bond acceptors (Lipinski definition) is 5. The third-order valence-corrected chi connectivity index (χ3v) is 7.24. The average Bonchev–Trinajstić information content (AvgIpc) is 2.96. The highest BCUT2D eigenvalue weighted by Gasteiger charge is 2.36. The summed E-state index contributed by atoms with van der Waals surface area (Å²) in [5.74, 6) is -0.0173. The molecule has 0 bridgehead atoms. The molecule has 0 fully saturated rings. The first-order valence-electron chi connectivity index (χ1n) is 9.82. The van der Waals surface area contributed by atoms with E-state index in [-0.39, 0.29) is 42.0 Å². The molecule has 0 saturated carbocycles. The molecule has 0 aromatic heterocycles. The Labute approximate surface area is 179 Å². The Balaban J connectivity index is 1.43. The highest BCUT2D eigenvalue weighted by atomic mass is 32.2. The van der Waals surface area contributed by atoms with Crippen LogP contribution in [-0.4, -0.2) is 38.2 Å². The molecule has 5 rings (SSSR count). The Bertz CT molecular complexity index is 1280. The lowest BCUT2D eigenvalue weighted by molar-refractivity contribution is 0.0653. The van der Waals surface area contributed by atoms with Gasteiger partial charge in [0, 0.05) is 13.1 Å². The van der Waals surface area contributed by atoms with Crippen LogP contribution in [0.4, 0.5) is 5.69 Å². The molecule has 8 heteroatoms. The molecule has 7 nitrogen and oxygen atoms in total. The number of fused-ring (bicyclic) bond motifs is 3. The fourth-order valence-electron chi connectivity index (χ4n) is 3.92. The number of anilines is 1. The van der Waals surface area contributed by atoms with E-state index in [2.05, 4.69) is 0 Å². The number of para-hydroxylation sites is 3. The van der Waals surface area contributed by atoms with Gasteiger partial charge in [-0.15, -0.1) is 0 Å². The summed E-state index contributed by atoms with van der Waals surface area (Å²) in [7, 11) is -3.89. The zero-order valence-corrected chi connectivity index (χ0v) is 17.2. The number of sulfonamides is 1. The van der Waals surface area contributed by atoms with Crippen molar-refractivity contribution in [3.05, 3.63) is 83.9 Å². The van der Waals surface area contributed by atoms with Crippen molar-refractivity contribution < 1.29 is 22.7 Å². The zero-order valence-electron chi connectivity index (χ0n) is 16.4. The van der Waals surface area contributed by atoms with Crippen LogP contribution >= 0.6 is 0 Å². The molecule has 2 heterocycles. The van der Waals surface area contributed by atoms with Crippen LogP contribution in [0.15, 0.2) is 77.7 Å². The number of hydrogen-bond donors (Lipinski definition) is 0. The topological polar surface area (TPSA) is 84.0 Å². The summed E-state index contributed by atoms with van der Waals surface area (Å²) in [5, 5.41) is 0. The van der Waals surface area contributed by atoms with Crippen LogP contribution < -0.4 is 9.04 Å². The fraction of sp³-hybridized carbons (Fsp3) is 0.130. The Morgan fingerprint density at radius 3 is 2.00 bits per heavy atom. The summed E-state index contributed by atoms with van der Waals surface area (Å²) >= 11 is 0. The van der Waals surface area contributed by atoms with Crippen molar-refractivity contribution in [3.63, 3.8) is 0 Å². The molecule has 2 aliphatic heterocycles. The van der Waals surface area contributed by atoms with Gasteiger partial charge in [-0.05, 0) is 42.8 Å². The molecule has 0 unspecified atom stereocenters. The molecule has 0 radical (unpaired) electrons. The van der Waals surface area contributed by atoms with Crippen molar-refractivity contribution in [1.82, 2.24) is 4.90 Å². The number of carbonyl (C=O) groups is 2. The maximum Gasteiger partial charge on any atom is 0.268 e. The van der Waals surface area contributed by atoms with Crippen molar-refractivity contribution in [1.29, 1.82) is 0 Å². The van der Waals surface area contributed by atoms with Crippen LogP contribution in [0.1, 0.15) is 27.1 Å². The van der Waals surface area contributed by atoms with Gasteiger partial charge in [0.25, 0.3) is 21.8 Å². The van der Waals surface area contributed by atoms with Crippen LogP contribution in [-0.2, 0) is 10.0 Å². The molecular formula is C23H18N2O5S. The number of amides is 2. The van der Waals surface area contributed by atoms with Crippen molar-refractivity contribution in [2.45, 2.75) is 11.3 Å². The maximum atomic E-state index is 13.4. The number of carbonyl (C=O) groups excluding carboxylic acids is 2. The predicted molar refractivity (Wildman–Crippen MR) is 114 cm³/mol. The minimum absolute atomic E-state index is 0.0759. The van der Waals surface area contributed by atoms with E-state index in [1.807, 2.05) is 0 Å². The van der Waals surface area contributed by atoms with Crippen LogP contribution in [0.25, 0.3) is 0 Å². The number of benzene rings is 3. The van der Waals surface area contributed by atoms with Crippen LogP contribution in [0.5, 0.6) is 11.5 Å². The Morgan fingerprint density at radius 1 is 0.710 bits per heavy atom. The highest BCUT2D eigenvalue weighted by Crippen LogP contribution is 2.42. The molecule has 0 N–H and O–H groups in total. The van der Waals surface area contributed by atoms with E-state index in [9.17, 15) is 18.0 Å². The molecule has 0 saturated heterocycles. The third-order valence-electron chi connectivity index (χ3n) is 5.39. The summed E-state index contributed by atoms with van der Waals surface area (Å²) in [4.78, 5) is 26.4. The standard InChI is InChI=1S/C23H18N2O5S/c26-22-16-8-1-2-9-17(16)23(27)24(22)14-7-15-25-18-10-3-4-11-19(18)30-20-12-5-6-13-21(20)31(25,28)29/h1-6,8-13H,7,14-15H2. The van der Waals surface area contributed by atoms with Gasteiger partial charge in [0.1, 0.15) is 10.6 Å². The van der Waals surface area contributed by atoms with Crippen LogP contribution in [0.2, 0.25) is 0 Å². The van der Waals surface area contributed by atoms with Gasteiger partial charge in [0.05, 0.1) is 16.8 Å². The molecule has 0 aliphatic carbocycles. The summed E-state index contributed by atoms with van der Waals surface area (Å²) in [5.41, 5.74) is 1.17. The monoisotopic (exact) mass is 434 g/mol. The van der Waals surface area contributed by atoms with Gasteiger partial charge >= 0.3 is 0 Å². The maximum absolute atomic E-state index is 13.4. The lowest BCUT2D eigenvalue weighted by Crippen LogP contribution is -2.36. The van der Waals surface area contributed by atoms with E-state index in [1.165, 1.54) is 15.3 Å². The summed E-state index contributed by atoms with van der Waals surface area (Å²) in [6.45, 7) is 0.202. The van der Waals surface area contributed by atoms with Crippen molar-refractivity contribution in [2.24, 2.45) is 0 Å². The predicted octanol–water partition coefficient (Wildman–Crippen LogP) is 3.67. The second-order valence-corrected chi connectivity index (χ2v) is 9.09. The quantitative estimate of drug-likeness (QED) is 0.585. The van der Waals surface area contributed by atoms with E-state index < -0.39 is 10.0 Å². The molecule has 31 heavy (non-hydrogen) atoms. The van der Waals surface area contributed by atoms with Gasteiger partial charge in [-0.1, -0.05) is 36.4 Å². The Hall–Kier alpha value is -3.65. The molecule has 3 aromatic carbocycles. The molecule has 0 spiro atoms. The molecule has 2 amide bonds. The van der Waals surface area contributed by atoms with Gasteiger partial charge < -0.3 is 4.74 Å². The van der Waals surface area contributed by atoms with Gasteiger partial charge in [0.2, 0.25) is 0 Å². The number of imide groups is 1. The van der Waals surface area contributed by atoms with Crippen molar-refractivity contribution in [3.8, 4) is 11.5 Å². The first-order chi connectivity index (χ1) is 15.0. The zero-order chi connectivity index (χ0) is 21.6. The normalized spacial score (nSPS) is 16.3. The largest absolute Gasteiger partial charge is 0.454 e. The number of ether oxygens (including phenoxy) is 1. The fourth-order valence-corrected chi connectivity index (χ4v) is 5.55. The van der Waals surface area contributed by atoms with Gasteiger partial charge in [-0.2, -0.15) is 0 Å². The minimum atomic E-state index is -3.89. The van der Waals surface area contributed by atoms with E-state index in [4.69, 9.17) is 4.74 Å². The van der Waals surface area contributed by atoms with E-state index in [0.29, 0.717) is 22.6 Å². The van der Waals surface area contributed by atoms with E-state index in [0.717, 1.165) is 0 Å². The third kappa shape index (κ3) is 3.07. The molecule has 0 atom stereocenters. The summed E-state index contributed by atoms with van der Waals surface area (Å²) < 4.78 is 34.0. The first kappa shape index (κ1) is 19.3. The lowest BCUT2D eigenvalue weighted by atomic mass is 10.1. The smallest absolute Gasteiger partial charge is 0.268 e. The first-order valence-corrected chi connectivity index (χ1v) is 11.3. The summed E-state index contributed by atoms with van der Waals surface area (Å²) in [6, 6.07) is 20.1. The van der Waals surface area contributed by atoms with E-state index >= 15 is 0 Å². The lowest BCUT2D eigenvalue weighted by Gasteiger charge is -2.24. The second kappa shape index (κ2) is 7.24. The molecule has 3 aromatic rings. The van der Waals surface area contributed by atoms with Crippen molar-refractivity contribution in [2.75, 3.05) is 17.4 Å². The highest BCUT2D eigenvalue weighted by molar-refractivity contribution is 7.93. The van der Waals surface area contributed by atoms with E-state index in [1.54, 1.807) is 66.7 Å². The number of rotatable bonds is 4. The van der Waals surface area contributed by atoms with Crippen LogP contribution in [0.3, 0.4) is 0 Å². The SMILES string of the molecule is O=C1c2ccccc2C(=O)N1CCCN1c2ccccc2Oc2ccccc2S1(=O)=O. The molecule has 2 aliphatic rings. The Kier molecular flexibility index (Phi) is 4.51. The number of nitrogens with zero attached hydrogens (tertiary/aromatic N) is 2. The average molecular weight is 434 g/mol. The van der Waals surface area contributed by atoms with Crippen LogP contribution in [0, 0.1) is 0 Å². The minimum Gasteiger partial charge on any atom is -0.454 e. The van der Waals surface area contributed by atoms with Gasteiger partial charge in [-0.25, -0.2) is 8.42 Å². The molecular weight excluding hydrogens is 416 g/mol. The van der Waals surface area contributed by atoms with Gasteiger partial charge in [-0.3, -0.25) is 18.8 Å². The van der Waals surface area contributed by atoms with Gasteiger partial charge in [0.15, 0.2) is 5.75 Å². The summed E-state index contributed by atoms with van der Waals surface area (Å²) in [6.07, 6.45) is 0.279.